The van der Waals surface area contributed by atoms with Gasteiger partial charge in [0, 0.05) is 4.47 Å². The highest BCUT2D eigenvalue weighted by atomic mass is 79.9. The molecule has 0 saturated heterocycles. The minimum Gasteiger partial charge on any atom is -0.494 e. The van der Waals surface area contributed by atoms with E-state index in [4.69, 9.17) is 9.88 Å². The first-order valence-electron chi connectivity index (χ1n) is 5.86. The summed E-state index contributed by atoms with van der Waals surface area (Å²) >= 11 is 3.38. The Morgan fingerprint density at radius 1 is 1.17 bits per heavy atom. The van der Waals surface area contributed by atoms with Crippen molar-refractivity contribution in [2.45, 2.75) is 25.7 Å². The molecule has 0 heterocycles. The fraction of sp³-hybridized carbons (Fsp3) is 0.500. The molecule has 18 heavy (non-hydrogen) atoms. The number of rotatable bonds is 8. The molecule has 1 aromatic carbocycles. The van der Waals surface area contributed by atoms with Crippen molar-refractivity contribution in [2.75, 3.05) is 12.4 Å². The van der Waals surface area contributed by atoms with Crippen LogP contribution in [0, 0.1) is 0 Å². The Kier molecular flexibility index (Phi) is 6.67. The summed E-state index contributed by atoms with van der Waals surface area (Å²) in [6, 6.07) is 7.69. The Labute approximate surface area is 117 Å². The summed E-state index contributed by atoms with van der Waals surface area (Å²) in [6.45, 7) is 0.645. The summed E-state index contributed by atoms with van der Waals surface area (Å²) in [5.41, 5.74) is 0. The standard InChI is InChI=1S/C12H18BrNO3S/c13-11-6-5-7-12(10-11)17-8-3-1-2-4-9-18(14,15)16/h5-7,10H,1-4,8-9H2,(H2,14,15,16). The molecule has 0 aliphatic rings. The van der Waals surface area contributed by atoms with Crippen LogP contribution in [0.25, 0.3) is 0 Å². The van der Waals surface area contributed by atoms with Gasteiger partial charge in [0.2, 0.25) is 10.0 Å². The predicted molar refractivity (Wildman–Crippen MR) is 76.1 cm³/mol. The smallest absolute Gasteiger partial charge is 0.209 e. The van der Waals surface area contributed by atoms with E-state index in [1.165, 1.54) is 0 Å². The van der Waals surface area contributed by atoms with Crippen molar-refractivity contribution in [1.82, 2.24) is 0 Å². The van der Waals surface area contributed by atoms with Crippen LogP contribution in [0.3, 0.4) is 0 Å². The van der Waals surface area contributed by atoms with Gasteiger partial charge in [-0.1, -0.05) is 34.8 Å². The first-order valence-corrected chi connectivity index (χ1v) is 8.37. The van der Waals surface area contributed by atoms with Gasteiger partial charge in [0.1, 0.15) is 5.75 Å². The van der Waals surface area contributed by atoms with E-state index in [1.807, 2.05) is 24.3 Å². The Bertz CT molecular complexity index is 462. The molecule has 0 amide bonds. The monoisotopic (exact) mass is 335 g/mol. The highest BCUT2D eigenvalue weighted by molar-refractivity contribution is 9.10. The SMILES string of the molecule is NS(=O)(=O)CCCCCCOc1cccc(Br)c1. The number of ether oxygens (including phenoxy) is 1. The van der Waals surface area contributed by atoms with Crippen LogP contribution in [0.4, 0.5) is 0 Å². The number of benzene rings is 1. The maximum atomic E-state index is 10.7. The summed E-state index contributed by atoms with van der Waals surface area (Å²) in [5, 5.41) is 4.91. The van der Waals surface area contributed by atoms with E-state index >= 15 is 0 Å². The molecule has 0 aromatic heterocycles. The third-order valence-electron chi connectivity index (χ3n) is 2.39. The highest BCUT2D eigenvalue weighted by Gasteiger charge is 2.01. The van der Waals surface area contributed by atoms with Crippen LogP contribution < -0.4 is 9.88 Å². The molecule has 0 aliphatic carbocycles. The Balaban J connectivity index is 2.06. The van der Waals surface area contributed by atoms with Gasteiger partial charge < -0.3 is 4.74 Å². The summed E-state index contributed by atoms with van der Waals surface area (Å²) < 4.78 is 27.9. The molecule has 0 fully saturated rings. The molecule has 0 bridgehead atoms. The highest BCUT2D eigenvalue weighted by Crippen LogP contribution is 2.18. The molecule has 0 atom stereocenters. The first-order chi connectivity index (χ1) is 8.47. The number of sulfonamides is 1. The van der Waals surface area contributed by atoms with Crippen LogP contribution in [-0.2, 0) is 10.0 Å². The quantitative estimate of drug-likeness (QED) is 0.742. The molecule has 2 N–H and O–H groups in total. The van der Waals surface area contributed by atoms with Crippen LogP contribution in [0.2, 0.25) is 0 Å². The van der Waals surface area contributed by atoms with E-state index in [9.17, 15) is 8.42 Å². The average molecular weight is 336 g/mol. The van der Waals surface area contributed by atoms with Crippen molar-refractivity contribution in [3.05, 3.63) is 28.7 Å². The number of hydrogen-bond donors (Lipinski definition) is 1. The number of primary sulfonamides is 1. The second kappa shape index (κ2) is 7.76. The second-order valence-corrected chi connectivity index (χ2v) is 6.74. The lowest BCUT2D eigenvalue weighted by molar-refractivity contribution is 0.305. The van der Waals surface area contributed by atoms with Crippen molar-refractivity contribution in [1.29, 1.82) is 0 Å². The minimum atomic E-state index is -3.30. The van der Waals surface area contributed by atoms with E-state index in [1.54, 1.807) is 0 Å². The average Bonchev–Trinajstić information content (AvgIpc) is 2.26. The number of halogens is 1. The van der Waals surface area contributed by atoms with Gasteiger partial charge in [-0.05, 0) is 31.0 Å². The van der Waals surface area contributed by atoms with Gasteiger partial charge in [0.25, 0.3) is 0 Å². The zero-order valence-electron chi connectivity index (χ0n) is 10.1. The van der Waals surface area contributed by atoms with Crippen molar-refractivity contribution < 1.29 is 13.2 Å². The molecule has 0 saturated carbocycles. The molecule has 1 aromatic rings. The van der Waals surface area contributed by atoms with Gasteiger partial charge in [-0.15, -0.1) is 0 Å². The largest absolute Gasteiger partial charge is 0.494 e. The molecule has 0 radical (unpaired) electrons. The lowest BCUT2D eigenvalue weighted by atomic mass is 10.2. The normalized spacial score (nSPS) is 11.4. The summed E-state index contributed by atoms with van der Waals surface area (Å²) in [7, 11) is -3.30. The molecular weight excluding hydrogens is 318 g/mol. The lowest BCUT2D eigenvalue weighted by Crippen LogP contribution is -2.16. The van der Waals surface area contributed by atoms with Crippen molar-refractivity contribution in [3.63, 3.8) is 0 Å². The van der Waals surface area contributed by atoms with Crippen LogP contribution in [0.1, 0.15) is 25.7 Å². The fourth-order valence-electron chi connectivity index (χ4n) is 1.51. The minimum absolute atomic E-state index is 0.0689. The lowest BCUT2D eigenvalue weighted by Gasteiger charge is -2.06. The number of unbranched alkanes of at least 4 members (excludes halogenated alkanes) is 3. The van der Waals surface area contributed by atoms with Crippen LogP contribution >= 0.6 is 15.9 Å². The van der Waals surface area contributed by atoms with E-state index in [0.717, 1.165) is 29.5 Å². The van der Waals surface area contributed by atoms with Gasteiger partial charge in [-0.25, -0.2) is 13.6 Å². The Morgan fingerprint density at radius 3 is 2.56 bits per heavy atom. The van der Waals surface area contributed by atoms with Gasteiger partial charge in [-0.3, -0.25) is 0 Å². The van der Waals surface area contributed by atoms with E-state index in [-0.39, 0.29) is 5.75 Å². The van der Waals surface area contributed by atoms with Crippen molar-refractivity contribution in [2.24, 2.45) is 5.14 Å². The number of nitrogens with two attached hydrogens (primary N) is 1. The molecule has 4 nitrogen and oxygen atoms in total. The molecule has 0 spiro atoms. The van der Waals surface area contributed by atoms with Gasteiger partial charge in [-0.2, -0.15) is 0 Å². The summed E-state index contributed by atoms with van der Waals surface area (Å²) in [4.78, 5) is 0. The maximum absolute atomic E-state index is 10.7. The second-order valence-electron chi connectivity index (χ2n) is 4.09. The molecular formula is C12H18BrNO3S. The van der Waals surface area contributed by atoms with Crippen LogP contribution in [-0.4, -0.2) is 20.8 Å². The summed E-state index contributed by atoms with van der Waals surface area (Å²) in [6.07, 6.45) is 3.34. The van der Waals surface area contributed by atoms with Crippen LogP contribution in [0.15, 0.2) is 28.7 Å². The van der Waals surface area contributed by atoms with Crippen LogP contribution in [0.5, 0.6) is 5.75 Å². The fourth-order valence-corrected chi connectivity index (χ4v) is 2.49. The maximum Gasteiger partial charge on any atom is 0.209 e. The third kappa shape index (κ3) is 7.68. The van der Waals surface area contributed by atoms with E-state index < -0.39 is 10.0 Å². The zero-order valence-corrected chi connectivity index (χ0v) is 12.5. The van der Waals surface area contributed by atoms with E-state index in [2.05, 4.69) is 15.9 Å². The number of hydrogen-bond acceptors (Lipinski definition) is 3. The zero-order chi connectivity index (χ0) is 13.4. The summed E-state index contributed by atoms with van der Waals surface area (Å²) in [5.74, 6) is 0.911. The Morgan fingerprint density at radius 2 is 1.89 bits per heavy atom. The third-order valence-corrected chi connectivity index (χ3v) is 3.74. The first kappa shape index (κ1) is 15.5. The van der Waals surface area contributed by atoms with Gasteiger partial charge in [0.05, 0.1) is 12.4 Å². The molecule has 0 unspecified atom stereocenters. The predicted octanol–water partition coefficient (Wildman–Crippen LogP) is 2.68. The van der Waals surface area contributed by atoms with Crippen molar-refractivity contribution >= 4 is 26.0 Å². The van der Waals surface area contributed by atoms with Crippen molar-refractivity contribution in [3.8, 4) is 5.75 Å². The van der Waals surface area contributed by atoms with Gasteiger partial charge >= 0.3 is 0 Å². The molecule has 6 heteroatoms. The molecule has 102 valence electrons. The molecule has 0 aliphatic heterocycles. The Hall–Kier alpha value is -0.590. The molecule has 1 rings (SSSR count). The van der Waals surface area contributed by atoms with E-state index in [0.29, 0.717) is 13.0 Å². The van der Waals surface area contributed by atoms with Gasteiger partial charge in [0.15, 0.2) is 0 Å². The topological polar surface area (TPSA) is 69.4 Å².